The largest absolute Gasteiger partial charge is 1.00 e. The molecule has 1 aliphatic heterocycles. The number of carbonyl (C=O) groups is 1. The Hall–Kier alpha value is -1.09. The van der Waals surface area contributed by atoms with E-state index in [-0.39, 0.29) is 18.9 Å². The summed E-state index contributed by atoms with van der Waals surface area (Å²) >= 11 is 0. The van der Waals surface area contributed by atoms with Gasteiger partial charge in [-0.15, -0.1) is 0 Å². The van der Waals surface area contributed by atoms with Gasteiger partial charge in [0.25, 0.3) is 0 Å². The zero-order valence-electron chi connectivity index (χ0n) is 7.22. The average Bonchev–Trinajstić information content (AvgIpc) is 2.76. The minimum atomic E-state index is -1.81. The Kier molecular flexibility index (Phi) is 2.32. The number of aliphatic hydroxyl groups is 3. The molecule has 14 heavy (non-hydrogen) atoms. The van der Waals surface area contributed by atoms with Crippen molar-refractivity contribution in [2.24, 2.45) is 0 Å². The third-order valence-electron chi connectivity index (χ3n) is 2.05. The van der Waals surface area contributed by atoms with Crippen LogP contribution in [0.1, 0.15) is 0 Å². The molecule has 1 fully saturated rings. The zero-order chi connectivity index (χ0) is 9.80. The number of aliphatic carboxylic acids is 1. The second-order valence-electron chi connectivity index (χ2n) is 2.84. The Morgan fingerprint density at radius 2 is 2.07 bits per heavy atom. The van der Waals surface area contributed by atoms with Crippen LogP contribution < -0.4 is 24.0 Å². The van der Waals surface area contributed by atoms with E-state index in [1.54, 1.807) is 0 Å². The minimum absolute atomic E-state index is 0. The van der Waals surface area contributed by atoms with E-state index >= 15 is 0 Å². The quantitative estimate of drug-likeness (QED) is 0.286. The Morgan fingerprint density at radius 1 is 1.50 bits per heavy atom. The summed E-state index contributed by atoms with van der Waals surface area (Å²) in [6, 6.07) is 0. The molecule has 0 radical (unpaired) electrons. The van der Waals surface area contributed by atoms with Crippen molar-refractivity contribution in [1.82, 2.24) is 0 Å². The number of carbonyl (C=O) groups excluding carboxylic acids is 1. The van der Waals surface area contributed by atoms with E-state index in [4.69, 9.17) is 15.3 Å². The van der Waals surface area contributed by atoms with Crippen LogP contribution in [-0.2, 0) is 9.53 Å². The third-order valence-corrected chi connectivity index (χ3v) is 2.05. The van der Waals surface area contributed by atoms with Gasteiger partial charge in [-0.05, 0) is 0 Å². The Morgan fingerprint density at radius 3 is 2.57 bits per heavy atom. The van der Waals surface area contributed by atoms with Gasteiger partial charge in [-0.3, -0.25) is 0 Å². The van der Waals surface area contributed by atoms with Crippen molar-refractivity contribution in [3.8, 4) is 0 Å². The first-order valence-electron chi connectivity index (χ1n) is 3.42. The number of fused-ring (bicyclic) bond motifs is 1. The molecule has 0 aromatic rings. The number of ether oxygens (including phenoxy) is 1. The van der Waals surface area contributed by atoms with Gasteiger partial charge < -0.3 is 30.0 Å². The summed E-state index contributed by atoms with van der Waals surface area (Å²) in [6.07, 6.45) is -0.351. The molecule has 3 N–H and O–H groups in total. The maximum Gasteiger partial charge on any atom is 1.00 e. The Balaban J connectivity index is 0.000000980. The standard InChI is InChI=1S/C7H6O6.Li/c8-2-1-7(6(11)12)5(13-7)4(10)3(2)9;/h1,5,8-10H,(H,11,12);/q;+1/p-1. The van der Waals surface area contributed by atoms with E-state index in [1.165, 1.54) is 0 Å². The fraction of sp³-hybridized carbons (Fsp3) is 0.286. The molecular weight excluding hydrogens is 187 g/mol. The summed E-state index contributed by atoms with van der Waals surface area (Å²) in [4.78, 5) is 10.5. The zero-order valence-corrected chi connectivity index (χ0v) is 7.22. The summed E-state index contributed by atoms with van der Waals surface area (Å²) in [5.41, 5.74) is -1.81. The molecule has 0 aromatic heterocycles. The van der Waals surface area contributed by atoms with Gasteiger partial charge in [0.1, 0.15) is 0 Å². The van der Waals surface area contributed by atoms with Crippen LogP contribution in [0.2, 0.25) is 0 Å². The molecular formula is C7H5LiO6. The predicted octanol–water partition coefficient (Wildman–Crippen LogP) is -4.34. The molecule has 2 rings (SSSR count). The molecule has 0 bridgehead atoms. The molecule has 0 aromatic carbocycles. The summed E-state index contributed by atoms with van der Waals surface area (Å²) in [5.74, 6) is -3.75. The number of epoxide rings is 1. The van der Waals surface area contributed by atoms with Gasteiger partial charge in [0.15, 0.2) is 29.0 Å². The van der Waals surface area contributed by atoms with E-state index in [1.807, 2.05) is 0 Å². The molecule has 2 unspecified atom stereocenters. The van der Waals surface area contributed by atoms with Crippen LogP contribution >= 0.6 is 0 Å². The van der Waals surface area contributed by atoms with Crippen LogP contribution in [-0.4, -0.2) is 33.0 Å². The molecule has 7 heteroatoms. The van der Waals surface area contributed by atoms with Crippen molar-refractivity contribution in [2.75, 3.05) is 0 Å². The summed E-state index contributed by atoms with van der Waals surface area (Å²) in [6.45, 7) is 0. The maximum absolute atomic E-state index is 10.5. The van der Waals surface area contributed by atoms with E-state index in [2.05, 4.69) is 4.74 Å². The average molecular weight is 192 g/mol. The molecule has 70 valence electrons. The fourth-order valence-electron chi connectivity index (χ4n) is 1.27. The van der Waals surface area contributed by atoms with E-state index < -0.39 is 35.0 Å². The predicted molar refractivity (Wildman–Crippen MR) is 35.6 cm³/mol. The monoisotopic (exact) mass is 192 g/mol. The van der Waals surface area contributed by atoms with Crippen LogP contribution in [0.15, 0.2) is 23.4 Å². The van der Waals surface area contributed by atoms with Crippen molar-refractivity contribution >= 4 is 5.97 Å². The maximum atomic E-state index is 10.5. The normalized spacial score (nSPS) is 34.0. The third kappa shape index (κ3) is 1.12. The molecule has 0 saturated carbocycles. The smallest absolute Gasteiger partial charge is 0.547 e. The van der Waals surface area contributed by atoms with Crippen molar-refractivity contribution in [3.05, 3.63) is 23.4 Å². The van der Waals surface area contributed by atoms with Gasteiger partial charge in [0, 0.05) is 6.08 Å². The van der Waals surface area contributed by atoms with E-state index in [9.17, 15) is 9.90 Å². The number of aliphatic hydroxyl groups excluding tert-OH is 3. The topological polar surface area (TPSA) is 113 Å². The molecule has 0 amide bonds. The number of carboxylic acid groups (broad SMARTS) is 1. The minimum Gasteiger partial charge on any atom is -0.547 e. The molecule has 1 saturated heterocycles. The van der Waals surface area contributed by atoms with Crippen LogP contribution in [0.3, 0.4) is 0 Å². The van der Waals surface area contributed by atoms with Gasteiger partial charge in [-0.25, -0.2) is 0 Å². The molecule has 2 aliphatic rings. The molecule has 0 spiro atoms. The van der Waals surface area contributed by atoms with E-state index in [0.717, 1.165) is 6.08 Å². The van der Waals surface area contributed by atoms with Gasteiger partial charge in [0.05, 0.1) is 5.97 Å². The van der Waals surface area contributed by atoms with Crippen molar-refractivity contribution in [1.29, 1.82) is 0 Å². The van der Waals surface area contributed by atoms with Crippen molar-refractivity contribution in [3.63, 3.8) is 0 Å². The summed E-state index contributed by atoms with van der Waals surface area (Å²) < 4.78 is 4.61. The number of carboxylic acids is 1. The number of rotatable bonds is 1. The first-order valence-corrected chi connectivity index (χ1v) is 3.42. The van der Waals surface area contributed by atoms with Gasteiger partial charge in [0.2, 0.25) is 0 Å². The van der Waals surface area contributed by atoms with Crippen molar-refractivity contribution in [2.45, 2.75) is 11.7 Å². The molecule has 1 heterocycles. The Labute approximate surface area is 90.3 Å². The first-order chi connectivity index (χ1) is 5.99. The molecule has 2 atom stereocenters. The second kappa shape index (κ2) is 2.95. The summed E-state index contributed by atoms with van der Waals surface area (Å²) in [7, 11) is 0. The van der Waals surface area contributed by atoms with Crippen LogP contribution in [0.4, 0.5) is 0 Å². The Bertz CT molecular complexity index is 359. The van der Waals surface area contributed by atoms with E-state index in [0.29, 0.717) is 0 Å². The molecule has 1 aliphatic carbocycles. The fourth-order valence-corrected chi connectivity index (χ4v) is 1.27. The first kappa shape index (κ1) is 11.0. The van der Waals surface area contributed by atoms with Gasteiger partial charge >= 0.3 is 18.9 Å². The van der Waals surface area contributed by atoms with Crippen LogP contribution in [0.5, 0.6) is 0 Å². The molecule has 6 nitrogen and oxygen atoms in total. The van der Waals surface area contributed by atoms with Gasteiger partial charge in [-0.2, -0.15) is 0 Å². The van der Waals surface area contributed by atoms with Crippen LogP contribution in [0, 0.1) is 0 Å². The second-order valence-corrected chi connectivity index (χ2v) is 2.84. The summed E-state index contributed by atoms with van der Waals surface area (Å²) in [5, 5.41) is 37.5. The number of hydrogen-bond donors (Lipinski definition) is 3. The number of hydrogen-bond acceptors (Lipinski definition) is 6. The van der Waals surface area contributed by atoms with Crippen molar-refractivity contribution < 1.29 is 48.8 Å². The van der Waals surface area contributed by atoms with Gasteiger partial charge in [-0.1, -0.05) is 0 Å². The SMILES string of the molecule is O=C([O-])C12C=C(O)C(O)=C(O)C1O2.[Li+]. The van der Waals surface area contributed by atoms with Crippen LogP contribution in [0.25, 0.3) is 0 Å².